The molecule has 0 atom stereocenters. The number of allylic oxidation sites excluding steroid dienone is 2. The van der Waals surface area contributed by atoms with Crippen LogP contribution in [0.1, 0.15) is 248 Å². The molecule has 3 rings (SSSR count). The molecule has 1 aliphatic rings. The number of unbranched alkanes of at least 4 members (excludes halogenated alkanes) is 15. The van der Waals surface area contributed by atoms with Crippen LogP contribution in [0.15, 0.2) is 35.4 Å². The molecule has 308 valence electrons. The van der Waals surface area contributed by atoms with Crippen molar-refractivity contribution in [1.82, 2.24) is 0 Å². The van der Waals surface area contributed by atoms with Crippen LogP contribution in [0.4, 0.5) is 0 Å². The SMILES string of the molecule is CCCCCCc1cc(C2=C(CCCC)C(CCCCC)=C(c3cc(CCCCCC)c(CC)c(CCCCCC)c3)[N+]2=[N-])cc(CCCCCC)c1CC. The molecule has 0 aliphatic carbocycles. The Morgan fingerprint density at radius 3 is 0.909 bits per heavy atom. The number of rotatable bonds is 31. The van der Waals surface area contributed by atoms with Crippen molar-refractivity contribution in [2.24, 2.45) is 0 Å². The summed E-state index contributed by atoms with van der Waals surface area (Å²) in [7, 11) is 0. The van der Waals surface area contributed by atoms with Gasteiger partial charge in [-0.15, -0.1) is 0 Å². The Hall–Kier alpha value is -2.48. The van der Waals surface area contributed by atoms with E-state index in [2.05, 4.69) is 79.7 Å². The molecule has 0 unspecified atom stereocenters. The molecule has 2 nitrogen and oxygen atoms in total. The van der Waals surface area contributed by atoms with Gasteiger partial charge in [0.25, 0.3) is 0 Å². The van der Waals surface area contributed by atoms with E-state index in [0.29, 0.717) is 0 Å². The third-order valence-corrected chi connectivity index (χ3v) is 12.5. The smallest absolute Gasteiger partial charge is 0.211 e. The minimum Gasteiger partial charge on any atom is -0.493 e. The molecule has 0 aromatic heterocycles. The van der Waals surface area contributed by atoms with Crippen molar-refractivity contribution >= 4 is 11.4 Å². The Morgan fingerprint density at radius 1 is 0.345 bits per heavy atom. The maximum absolute atomic E-state index is 12.9. The van der Waals surface area contributed by atoms with Gasteiger partial charge >= 0.3 is 0 Å². The molecule has 55 heavy (non-hydrogen) atoms. The number of aryl methyl sites for hydroxylation is 4. The quantitative estimate of drug-likeness (QED) is 0.0542. The number of nitrogens with zero attached hydrogens (tertiary/aromatic N) is 2. The molecule has 0 N–H and O–H groups in total. The Labute approximate surface area is 342 Å². The Balaban J connectivity index is 2.28. The van der Waals surface area contributed by atoms with E-state index in [1.54, 1.807) is 15.8 Å². The first-order valence-corrected chi connectivity index (χ1v) is 24.2. The molecule has 0 bridgehead atoms. The van der Waals surface area contributed by atoms with Crippen LogP contribution in [0.25, 0.3) is 16.9 Å². The first-order valence-electron chi connectivity index (χ1n) is 24.2. The van der Waals surface area contributed by atoms with Gasteiger partial charge in [0.2, 0.25) is 11.4 Å². The average Bonchev–Trinajstić information content (AvgIpc) is 3.47. The van der Waals surface area contributed by atoms with Gasteiger partial charge in [0.15, 0.2) is 0 Å². The minimum absolute atomic E-state index is 1.03. The van der Waals surface area contributed by atoms with Crippen molar-refractivity contribution in [2.75, 3.05) is 0 Å². The van der Waals surface area contributed by atoms with Gasteiger partial charge in [-0.05, 0) is 148 Å². The maximum Gasteiger partial charge on any atom is 0.211 e. The molecular weight excluding hydrogens is 665 g/mol. The molecule has 0 spiro atoms. The Bertz CT molecular complexity index is 1420. The Kier molecular flexibility index (Phi) is 23.2. The minimum atomic E-state index is 1.03. The monoisotopic (exact) mass is 751 g/mol. The summed E-state index contributed by atoms with van der Waals surface area (Å²) < 4.78 is 1.72. The summed E-state index contributed by atoms with van der Waals surface area (Å²) in [6.07, 6.45) is 35.3. The largest absolute Gasteiger partial charge is 0.493 e. The summed E-state index contributed by atoms with van der Waals surface area (Å²) in [5.74, 6) is 0. The first-order chi connectivity index (χ1) is 26.9. The fourth-order valence-corrected chi connectivity index (χ4v) is 9.33. The van der Waals surface area contributed by atoms with Crippen LogP contribution in [0.3, 0.4) is 0 Å². The maximum atomic E-state index is 12.9. The van der Waals surface area contributed by atoms with Crippen molar-refractivity contribution in [3.05, 3.63) is 85.5 Å². The highest BCUT2D eigenvalue weighted by molar-refractivity contribution is 5.83. The van der Waals surface area contributed by atoms with Gasteiger partial charge in [0.1, 0.15) is 0 Å². The van der Waals surface area contributed by atoms with Crippen LogP contribution >= 0.6 is 0 Å². The summed E-state index contributed by atoms with van der Waals surface area (Å²) in [5, 5.41) is 0. The van der Waals surface area contributed by atoms with Crippen LogP contribution in [0.2, 0.25) is 0 Å². The van der Waals surface area contributed by atoms with Crippen LogP contribution in [-0.2, 0) is 38.5 Å². The number of hydrogen-bond acceptors (Lipinski definition) is 0. The summed E-state index contributed by atoms with van der Waals surface area (Å²) in [6.45, 7) is 18.6. The molecule has 0 saturated heterocycles. The lowest BCUT2D eigenvalue weighted by Gasteiger charge is -2.19. The van der Waals surface area contributed by atoms with Crippen molar-refractivity contribution in [3.63, 3.8) is 0 Å². The van der Waals surface area contributed by atoms with Gasteiger partial charge in [-0.3, -0.25) is 0 Å². The van der Waals surface area contributed by atoms with Crippen molar-refractivity contribution in [3.8, 4) is 0 Å². The lowest BCUT2D eigenvalue weighted by atomic mass is 9.86. The molecule has 0 amide bonds. The molecule has 0 fully saturated rings. The van der Waals surface area contributed by atoms with E-state index in [-0.39, 0.29) is 0 Å². The zero-order valence-corrected chi connectivity index (χ0v) is 37.7. The molecule has 2 aromatic rings. The number of hydrogen-bond donors (Lipinski definition) is 0. The van der Waals surface area contributed by atoms with E-state index in [9.17, 15) is 5.53 Å². The van der Waals surface area contributed by atoms with E-state index in [1.807, 2.05) is 0 Å². The van der Waals surface area contributed by atoms with Crippen LogP contribution in [0, 0.1) is 0 Å². The highest BCUT2D eigenvalue weighted by atomic mass is 15.2. The summed E-state index contributed by atoms with van der Waals surface area (Å²) >= 11 is 0. The third kappa shape index (κ3) is 14.1. The zero-order valence-electron chi connectivity index (χ0n) is 37.7. The topological polar surface area (TPSA) is 25.3 Å². The fourth-order valence-electron chi connectivity index (χ4n) is 9.33. The highest BCUT2D eigenvalue weighted by Crippen LogP contribution is 2.46. The fraction of sp³-hybridized carbons (Fsp3) is 0.698. The van der Waals surface area contributed by atoms with Crippen molar-refractivity contribution in [2.45, 2.75) is 242 Å². The normalized spacial score (nSPS) is 13.3. The second kappa shape index (κ2) is 27.2. The standard InChI is InChI=1S/C53H86N2/c1-9-17-23-28-32-42-38-46(39-43(48(42)15-7)33-29-24-18-10-2)52-50(36-22-14-6)51(37-27-21-13-5)53(55(52)54)47-40-44(34-30-25-19-11-3)49(16-8)45(41-47)35-31-26-20-12-4/h38-41H,9-37H2,1-8H3. The van der Waals surface area contributed by atoms with Crippen molar-refractivity contribution < 1.29 is 4.70 Å². The van der Waals surface area contributed by atoms with E-state index in [0.717, 1.165) is 75.6 Å². The third-order valence-electron chi connectivity index (χ3n) is 12.5. The zero-order chi connectivity index (χ0) is 39.8. The Morgan fingerprint density at radius 2 is 0.618 bits per heavy atom. The second-order valence-corrected chi connectivity index (χ2v) is 17.0. The van der Waals surface area contributed by atoms with E-state index < -0.39 is 0 Å². The van der Waals surface area contributed by atoms with Crippen LogP contribution in [0.5, 0.6) is 0 Å². The molecule has 2 aromatic carbocycles. The molecular formula is C53H86N2. The van der Waals surface area contributed by atoms with Gasteiger partial charge in [0, 0.05) is 22.3 Å². The second-order valence-electron chi connectivity index (χ2n) is 17.0. The van der Waals surface area contributed by atoms with Gasteiger partial charge in [-0.25, -0.2) is 4.70 Å². The molecule has 0 radical (unpaired) electrons. The highest BCUT2D eigenvalue weighted by Gasteiger charge is 2.36. The predicted octanol–water partition coefficient (Wildman–Crippen LogP) is 17.2. The van der Waals surface area contributed by atoms with Gasteiger partial charge in [0.05, 0.1) is 0 Å². The van der Waals surface area contributed by atoms with Gasteiger partial charge in [-0.1, -0.05) is 152 Å². The molecule has 1 heterocycles. The van der Waals surface area contributed by atoms with E-state index in [1.165, 1.54) is 167 Å². The average molecular weight is 751 g/mol. The summed E-state index contributed by atoms with van der Waals surface area (Å²) in [4.78, 5) is 0. The van der Waals surface area contributed by atoms with Crippen molar-refractivity contribution in [1.29, 1.82) is 0 Å². The van der Waals surface area contributed by atoms with E-state index in [4.69, 9.17) is 0 Å². The predicted molar refractivity (Wildman–Crippen MR) is 244 cm³/mol. The molecule has 2 heteroatoms. The molecule has 1 aliphatic heterocycles. The molecule has 0 saturated carbocycles. The summed E-state index contributed by atoms with van der Waals surface area (Å²) in [5.41, 5.74) is 29.7. The summed E-state index contributed by atoms with van der Waals surface area (Å²) in [6, 6.07) is 10.1. The van der Waals surface area contributed by atoms with Gasteiger partial charge in [-0.2, -0.15) is 0 Å². The van der Waals surface area contributed by atoms with Crippen LogP contribution in [-0.4, -0.2) is 4.70 Å². The lowest BCUT2D eigenvalue weighted by Crippen LogP contribution is -2.08. The first kappa shape index (κ1) is 46.9. The van der Waals surface area contributed by atoms with E-state index >= 15 is 0 Å². The van der Waals surface area contributed by atoms with Gasteiger partial charge < -0.3 is 5.53 Å². The van der Waals surface area contributed by atoms with Crippen LogP contribution < -0.4 is 0 Å². The lowest BCUT2D eigenvalue weighted by molar-refractivity contribution is -0.345. The number of benzene rings is 2.